The first kappa shape index (κ1) is 17.0. The molecule has 114 valence electrons. The van der Waals surface area contributed by atoms with Crippen LogP contribution < -0.4 is 5.32 Å². The van der Waals surface area contributed by atoms with E-state index in [2.05, 4.69) is 45.1 Å². The highest BCUT2D eigenvalue weighted by Crippen LogP contribution is 2.36. The number of hydrogen-bond acceptors (Lipinski definition) is 2. The van der Waals surface area contributed by atoms with Crippen LogP contribution in [-0.4, -0.2) is 37.1 Å². The van der Waals surface area contributed by atoms with Gasteiger partial charge in [0, 0.05) is 11.6 Å². The molecule has 1 atom stereocenters. The molecule has 1 N–H and O–H groups in total. The van der Waals surface area contributed by atoms with E-state index in [1.165, 1.54) is 51.4 Å². The van der Waals surface area contributed by atoms with Gasteiger partial charge in [-0.15, -0.1) is 0 Å². The Kier molecular flexibility index (Phi) is 7.38. The van der Waals surface area contributed by atoms with E-state index in [0.717, 1.165) is 12.5 Å². The molecular weight excluding hydrogens is 232 g/mol. The smallest absolute Gasteiger partial charge is 0.0353 e. The second-order valence-corrected chi connectivity index (χ2v) is 6.53. The highest BCUT2D eigenvalue weighted by Gasteiger charge is 2.41. The summed E-state index contributed by atoms with van der Waals surface area (Å²) in [6.45, 7) is 8.18. The summed E-state index contributed by atoms with van der Waals surface area (Å²) in [6.07, 6.45) is 10.9. The molecule has 1 aliphatic carbocycles. The second-order valence-electron chi connectivity index (χ2n) is 6.53. The third kappa shape index (κ3) is 3.95. The zero-order valence-electron chi connectivity index (χ0n) is 14.0. The van der Waals surface area contributed by atoms with Crippen molar-refractivity contribution in [3.05, 3.63) is 0 Å². The molecule has 0 aromatic rings. The summed E-state index contributed by atoms with van der Waals surface area (Å²) in [5, 5.41) is 3.92. The van der Waals surface area contributed by atoms with Crippen molar-refractivity contribution < 1.29 is 0 Å². The van der Waals surface area contributed by atoms with Crippen molar-refractivity contribution in [1.29, 1.82) is 0 Å². The molecule has 1 saturated carbocycles. The molecule has 1 aliphatic rings. The Morgan fingerprint density at radius 3 is 2.05 bits per heavy atom. The summed E-state index contributed by atoms with van der Waals surface area (Å²) in [6, 6.07) is 0.665. The monoisotopic (exact) mass is 268 g/mol. The van der Waals surface area contributed by atoms with Crippen LogP contribution >= 0.6 is 0 Å². The van der Waals surface area contributed by atoms with E-state index in [4.69, 9.17) is 0 Å². The van der Waals surface area contributed by atoms with Crippen molar-refractivity contribution in [3.63, 3.8) is 0 Å². The molecule has 0 aromatic heterocycles. The Bertz CT molecular complexity index is 227. The predicted molar refractivity (Wildman–Crippen MR) is 85.7 cm³/mol. The van der Waals surface area contributed by atoms with Gasteiger partial charge in [-0.25, -0.2) is 0 Å². The third-order valence-corrected chi connectivity index (χ3v) is 5.43. The summed E-state index contributed by atoms with van der Waals surface area (Å²) < 4.78 is 0. The lowest BCUT2D eigenvalue weighted by Gasteiger charge is -2.49. The van der Waals surface area contributed by atoms with Crippen molar-refractivity contribution in [3.8, 4) is 0 Å². The van der Waals surface area contributed by atoms with Crippen LogP contribution in [0.4, 0.5) is 0 Å². The van der Waals surface area contributed by atoms with Gasteiger partial charge >= 0.3 is 0 Å². The fraction of sp³-hybridized carbons (Fsp3) is 1.00. The summed E-state index contributed by atoms with van der Waals surface area (Å²) in [5.41, 5.74) is 0.331. The SMILES string of the molecule is CCCNC(C1CCCCC1)C(CC)(CC)N(C)C. The molecule has 0 saturated heterocycles. The van der Waals surface area contributed by atoms with Crippen LogP contribution in [0.1, 0.15) is 72.1 Å². The average Bonchev–Trinajstić information content (AvgIpc) is 2.44. The second kappa shape index (κ2) is 8.26. The molecule has 1 fully saturated rings. The number of hydrogen-bond donors (Lipinski definition) is 1. The van der Waals surface area contributed by atoms with E-state index >= 15 is 0 Å². The third-order valence-electron chi connectivity index (χ3n) is 5.43. The maximum atomic E-state index is 3.92. The Balaban J connectivity index is 2.90. The standard InChI is InChI=1S/C17H36N2/c1-6-14-18-16(15-12-10-9-11-13-15)17(7-2,8-3)19(4)5/h15-16,18H,6-14H2,1-5H3. The average molecular weight is 268 g/mol. The van der Waals surface area contributed by atoms with Crippen LogP contribution in [0.3, 0.4) is 0 Å². The molecule has 0 bridgehead atoms. The molecule has 0 aliphatic heterocycles. The van der Waals surface area contributed by atoms with E-state index < -0.39 is 0 Å². The van der Waals surface area contributed by atoms with Gasteiger partial charge in [0.2, 0.25) is 0 Å². The van der Waals surface area contributed by atoms with Gasteiger partial charge in [-0.3, -0.25) is 0 Å². The first-order chi connectivity index (χ1) is 9.12. The molecule has 1 rings (SSSR count). The van der Waals surface area contributed by atoms with Crippen molar-refractivity contribution >= 4 is 0 Å². The van der Waals surface area contributed by atoms with Crippen LogP contribution in [0, 0.1) is 5.92 Å². The highest BCUT2D eigenvalue weighted by atomic mass is 15.2. The molecule has 0 heterocycles. The molecular formula is C17H36N2. The Morgan fingerprint density at radius 2 is 1.63 bits per heavy atom. The van der Waals surface area contributed by atoms with Crippen LogP contribution in [0.5, 0.6) is 0 Å². The normalized spacial score (nSPS) is 19.9. The summed E-state index contributed by atoms with van der Waals surface area (Å²) >= 11 is 0. The zero-order chi connectivity index (χ0) is 14.3. The zero-order valence-corrected chi connectivity index (χ0v) is 14.0. The van der Waals surface area contributed by atoms with Gasteiger partial charge in [-0.1, -0.05) is 40.0 Å². The maximum Gasteiger partial charge on any atom is 0.0353 e. The van der Waals surface area contributed by atoms with Gasteiger partial charge in [0.1, 0.15) is 0 Å². The number of rotatable bonds is 8. The molecule has 2 heteroatoms. The number of nitrogens with zero attached hydrogens (tertiary/aromatic N) is 1. The van der Waals surface area contributed by atoms with Crippen molar-refractivity contribution in [1.82, 2.24) is 10.2 Å². The lowest BCUT2D eigenvalue weighted by atomic mass is 9.71. The van der Waals surface area contributed by atoms with Gasteiger partial charge < -0.3 is 10.2 Å². The minimum atomic E-state index is 0.331. The number of likely N-dealkylation sites (N-methyl/N-ethyl adjacent to an activating group) is 1. The molecule has 0 aromatic carbocycles. The summed E-state index contributed by atoms with van der Waals surface area (Å²) in [5.74, 6) is 0.877. The quantitative estimate of drug-likeness (QED) is 0.714. The Morgan fingerprint density at radius 1 is 1.05 bits per heavy atom. The molecule has 0 spiro atoms. The van der Waals surface area contributed by atoms with E-state index in [0.29, 0.717) is 11.6 Å². The van der Waals surface area contributed by atoms with E-state index in [-0.39, 0.29) is 0 Å². The van der Waals surface area contributed by atoms with Gasteiger partial charge in [0.25, 0.3) is 0 Å². The van der Waals surface area contributed by atoms with E-state index in [1.807, 2.05) is 0 Å². The fourth-order valence-electron chi connectivity index (χ4n) is 4.16. The maximum absolute atomic E-state index is 3.92. The lowest BCUT2D eigenvalue weighted by molar-refractivity contribution is 0.0485. The minimum Gasteiger partial charge on any atom is -0.312 e. The van der Waals surface area contributed by atoms with Crippen LogP contribution in [-0.2, 0) is 0 Å². The first-order valence-electron chi connectivity index (χ1n) is 8.53. The first-order valence-corrected chi connectivity index (χ1v) is 8.53. The van der Waals surface area contributed by atoms with Crippen LogP contribution in [0.25, 0.3) is 0 Å². The van der Waals surface area contributed by atoms with E-state index in [9.17, 15) is 0 Å². The topological polar surface area (TPSA) is 15.3 Å². The molecule has 0 radical (unpaired) electrons. The lowest BCUT2D eigenvalue weighted by Crippen LogP contribution is -2.61. The number of nitrogens with one attached hydrogen (secondary N) is 1. The predicted octanol–water partition coefficient (Wildman–Crippen LogP) is 4.06. The van der Waals surface area contributed by atoms with Crippen LogP contribution in [0.2, 0.25) is 0 Å². The van der Waals surface area contributed by atoms with Crippen LogP contribution in [0.15, 0.2) is 0 Å². The highest BCUT2D eigenvalue weighted by molar-refractivity contribution is 5.00. The summed E-state index contributed by atoms with van der Waals surface area (Å²) in [7, 11) is 4.55. The van der Waals surface area contributed by atoms with Crippen molar-refractivity contribution in [2.45, 2.75) is 83.7 Å². The Labute approximate surface area is 121 Å². The van der Waals surface area contributed by atoms with Gasteiger partial charge in [-0.05, 0) is 58.7 Å². The van der Waals surface area contributed by atoms with Crippen molar-refractivity contribution in [2.24, 2.45) is 5.92 Å². The molecule has 1 unspecified atom stereocenters. The van der Waals surface area contributed by atoms with Crippen molar-refractivity contribution in [2.75, 3.05) is 20.6 Å². The molecule has 0 amide bonds. The Hall–Kier alpha value is -0.0800. The minimum absolute atomic E-state index is 0.331. The fourth-order valence-corrected chi connectivity index (χ4v) is 4.16. The summed E-state index contributed by atoms with van der Waals surface area (Å²) in [4.78, 5) is 2.49. The van der Waals surface area contributed by atoms with Gasteiger partial charge in [-0.2, -0.15) is 0 Å². The molecule has 2 nitrogen and oxygen atoms in total. The van der Waals surface area contributed by atoms with E-state index in [1.54, 1.807) is 0 Å². The van der Waals surface area contributed by atoms with Gasteiger partial charge in [0.05, 0.1) is 0 Å². The largest absolute Gasteiger partial charge is 0.312 e. The molecule has 19 heavy (non-hydrogen) atoms. The van der Waals surface area contributed by atoms with Gasteiger partial charge in [0.15, 0.2) is 0 Å².